The molecule has 3 N–H and O–H groups in total. The summed E-state index contributed by atoms with van der Waals surface area (Å²) in [5, 5.41) is 16.6. The third kappa shape index (κ3) is 6.32. The highest BCUT2D eigenvalue weighted by Gasteiger charge is 2.31. The van der Waals surface area contributed by atoms with E-state index in [2.05, 4.69) is 45.5 Å². The van der Waals surface area contributed by atoms with Crippen LogP contribution in [0.25, 0.3) is 0 Å². The van der Waals surface area contributed by atoms with Crippen molar-refractivity contribution in [1.29, 1.82) is 0 Å². The Balaban J connectivity index is 1.66. The maximum Gasteiger partial charge on any atom is 0.191 e. The summed E-state index contributed by atoms with van der Waals surface area (Å²) in [7, 11) is 2.17. The van der Waals surface area contributed by atoms with Crippen LogP contribution in [0.1, 0.15) is 51.0 Å². The SMILES string of the molecule is CCNC(=NCc1cccnc1N1CCN(C)CC1)NCC1(CCO)CCCCC1. The second kappa shape index (κ2) is 11.5. The number of nitrogens with zero attached hydrogens (tertiary/aromatic N) is 4. The van der Waals surface area contributed by atoms with Gasteiger partial charge in [0.25, 0.3) is 0 Å². The Morgan fingerprint density at radius 3 is 2.63 bits per heavy atom. The number of aliphatic imine (C=N–C) groups is 1. The number of rotatable bonds is 8. The first-order chi connectivity index (χ1) is 14.7. The van der Waals surface area contributed by atoms with Gasteiger partial charge in [-0.05, 0) is 44.7 Å². The number of aliphatic hydroxyl groups excluding tert-OH is 1. The predicted molar refractivity (Wildman–Crippen MR) is 124 cm³/mol. The number of nitrogens with one attached hydrogen (secondary N) is 2. The van der Waals surface area contributed by atoms with Gasteiger partial charge in [-0.3, -0.25) is 0 Å². The van der Waals surface area contributed by atoms with E-state index in [1.165, 1.54) is 37.7 Å². The molecule has 30 heavy (non-hydrogen) atoms. The van der Waals surface area contributed by atoms with Crippen LogP contribution in [-0.2, 0) is 6.54 Å². The van der Waals surface area contributed by atoms with Crippen molar-refractivity contribution in [2.75, 3.05) is 57.8 Å². The maximum atomic E-state index is 9.59. The Labute approximate surface area is 182 Å². The highest BCUT2D eigenvalue weighted by atomic mass is 16.3. The molecule has 3 rings (SSSR count). The zero-order valence-electron chi connectivity index (χ0n) is 18.9. The van der Waals surface area contributed by atoms with Crippen molar-refractivity contribution in [2.24, 2.45) is 10.4 Å². The van der Waals surface area contributed by atoms with E-state index < -0.39 is 0 Å². The zero-order chi connectivity index (χ0) is 21.2. The van der Waals surface area contributed by atoms with E-state index >= 15 is 0 Å². The van der Waals surface area contributed by atoms with Crippen LogP contribution in [-0.4, -0.2) is 73.9 Å². The lowest BCUT2D eigenvalue weighted by atomic mass is 9.72. The van der Waals surface area contributed by atoms with Gasteiger partial charge < -0.3 is 25.5 Å². The summed E-state index contributed by atoms with van der Waals surface area (Å²) in [6, 6.07) is 4.14. The molecular weight excluding hydrogens is 376 g/mol. The van der Waals surface area contributed by atoms with Crippen molar-refractivity contribution in [2.45, 2.75) is 52.0 Å². The number of guanidine groups is 1. The molecule has 1 aliphatic carbocycles. The molecule has 2 fully saturated rings. The molecule has 168 valence electrons. The average Bonchev–Trinajstić information content (AvgIpc) is 2.77. The molecule has 0 bridgehead atoms. The van der Waals surface area contributed by atoms with Crippen LogP contribution in [0.5, 0.6) is 0 Å². The number of hydrogen-bond donors (Lipinski definition) is 3. The minimum absolute atomic E-state index is 0.197. The van der Waals surface area contributed by atoms with Gasteiger partial charge in [0.1, 0.15) is 5.82 Å². The van der Waals surface area contributed by atoms with Gasteiger partial charge in [-0.1, -0.05) is 25.3 Å². The lowest BCUT2D eigenvalue weighted by molar-refractivity contribution is 0.131. The number of piperazine rings is 1. The molecule has 1 aliphatic heterocycles. The van der Waals surface area contributed by atoms with Crippen molar-refractivity contribution in [3.63, 3.8) is 0 Å². The molecular formula is C23H40N6O. The molecule has 0 radical (unpaired) electrons. The Bertz CT molecular complexity index is 660. The molecule has 0 unspecified atom stereocenters. The highest BCUT2D eigenvalue weighted by Crippen LogP contribution is 2.38. The first kappa shape index (κ1) is 22.8. The molecule has 0 spiro atoms. The standard InChI is InChI=1S/C23H40N6O/c1-3-24-22(27-19-23(11-17-30)9-5-4-6-10-23)26-18-20-8-7-12-25-21(20)29-15-13-28(2)14-16-29/h7-8,12,30H,3-6,9-11,13-19H2,1-2H3,(H2,24,26,27). The Morgan fingerprint density at radius 1 is 1.17 bits per heavy atom. The molecule has 0 aromatic carbocycles. The van der Waals surface area contributed by atoms with Crippen LogP contribution in [0.3, 0.4) is 0 Å². The van der Waals surface area contributed by atoms with E-state index in [9.17, 15) is 5.11 Å². The summed E-state index contributed by atoms with van der Waals surface area (Å²) < 4.78 is 0. The minimum Gasteiger partial charge on any atom is -0.396 e. The summed E-state index contributed by atoms with van der Waals surface area (Å²) in [6.07, 6.45) is 8.98. The Morgan fingerprint density at radius 2 is 1.93 bits per heavy atom. The van der Waals surface area contributed by atoms with Crippen LogP contribution in [0.2, 0.25) is 0 Å². The molecule has 7 nitrogen and oxygen atoms in total. The summed E-state index contributed by atoms with van der Waals surface area (Å²) in [5.74, 6) is 1.92. The molecule has 1 aromatic heterocycles. The van der Waals surface area contributed by atoms with Gasteiger partial charge in [-0.2, -0.15) is 0 Å². The van der Waals surface area contributed by atoms with Crippen molar-refractivity contribution < 1.29 is 5.11 Å². The van der Waals surface area contributed by atoms with E-state index in [1.54, 1.807) is 0 Å². The monoisotopic (exact) mass is 416 g/mol. The second-order valence-corrected chi connectivity index (χ2v) is 8.86. The Kier molecular flexibility index (Phi) is 8.75. The van der Waals surface area contributed by atoms with Crippen molar-refractivity contribution in [3.8, 4) is 0 Å². The summed E-state index contributed by atoms with van der Waals surface area (Å²) >= 11 is 0. The summed E-state index contributed by atoms with van der Waals surface area (Å²) in [6.45, 7) is 8.82. The third-order valence-electron chi connectivity index (χ3n) is 6.61. The molecule has 2 aliphatic rings. The molecule has 1 aromatic rings. The Hall–Kier alpha value is -1.86. The fourth-order valence-corrected chi connectivity index (χ4v) is 4.69. The molecule has 7 heteroatoms. The van der Waals surface area contributed by atoms with E-state index in [1.807, 2.05) is 12.3 Å². The van der Waals surface area contributed by atoms with Gasteiger partial charge in [-0.15, -0.1) is 0 Å². The van der Waals surface area contributed by atoms with Crippen LogP contribution < -0.4 is 15.5 Å². The topological polar surface area (TPSA) is 76.0 Å². The van der Waals surface area contributed by atoms with Crippen LogP contribution >= 0.6 is 0 Å². The smallest absolute Gasteiger partial charge is 0.191 e. The number of hydrogen-bond acceptors (Lipinski definition) is 5. The van der Waals surface area contributed by atoms with Crippen LogP contribution in [0.15, 0.2) is 23.3 Å². The lowest BCUT2D eigenvalue weighted by Crippen LogP contribution is -2.45. The fraction of sp³-hybridized carbons (Fsp3) is 0.739. The van der Waals surface area contributed by atoms with Gasteiger partial charge in [0.15, 0.2) is 5.96 Å². The van der Waals surface area contributed by atoms with E-state index in [0.29, 0.717) is 6.54 Å². The van der Waals surface area contributed by atoms with E-state index in [-0.39, 0.29) is 12.0 Å². The summed E-state index contributed by atoms with van der Waals surface area (Å²) in [5.41, 5.74) is 1.37. The molecule has 0 amide bonds. The fourth-order valence-electron chi connectivity index (χ4n) is 4.69. The number of aliphatic hydroxyl groups is 1. The van der Waals surface area contributed by atoms with E-state index in [0.717, 1.165) is 57.5 Å². The highest BCUT2D eigenvalue weighted by molar-refractivity contribution is 5.79. The summed E-state index contributed by atoms with van der Waals surface area (Å²) in [4.78, 5) is 14.3. The number of likely N-dealkylation sites (N-methyl/N-ethyl adjacent to an activating group) is 1. The largest absolute Gasteiger partial charge is 0.396 e. The van der Waals surface area contributed by atoms with Crippen LogP contribution in [0.4, 0.5) is 5.82 Å². The normalized spacial score (nSPS) is 20.2. The van der Waals surface area contributed by atoms with Gasteiger partial charge in [-0.25, -0.2) is 9.98 Å². The first-order valence-electron chi connectivity index (χ1n) is 11.7. The third-order valence-corrected chi connectivity index (χ3v) is 6.61. The van der Waals surface area contributed by atoms with Gasteiger partial charge in [0.2, 0.25) is 0 Å². The lowest BCUT2D eigenvalue weighted by Gasteiger charge is -2.37. The van der Waals surface area contributed by atoms with Crippen LogP contribution in [0, 0.1) is 5.41 Å². The number of aromatic nitrogens is 1. The molecule has 0 atom stereocenters. The first-order valence-corrected chi connectivity index (χ1v) is 11.7. The molecule has 1 saturated heterocycles. The van der Waals surface area contributed by atoms with Gasteiger partial charge in [0, 0.05) is 57.6 Å². The zero-order valence-corrected chi connectivity index (χ0v) is 18.9. The maximum absolute atomic E-state index is 9.59. The van der Waals surface area contributed by atoms with Crippen molar-refractivity contribution >= 4 is 11.8 Å². The molecule has 2 heterocycles. The minimum atomic E-state index is 0.197. The van der Waals surface area contributed by atoms with Gasteiger partial charge >= 0.3 is 0 Å². The average molecular weight is 417 g/mol. The number of pyridine rings is 1. The van der Waals surface area contributed by atoms with E-state index in [4.69, 9.17) is 4.99 Å². The molecule has 1 saturated carbocycles. The predicted octanol–water partition coefficient (Wildman–Crippen LogP) is 2.22. The van der Waals surface area contributed by atoms with Gasteiger partial charge in [0.05, 0.1) is 6.54 Å². The quantitative estimate of drug-likeness (QED) is 0.446. The van der Waals surface area contributed by atoms with Crippen molar-refractivity contribution in [3.05, 3.63) is 23.9 Å². The second-order valence-electron chi connectivity index (χ2n) is 8.86. The number of anilines is 1. The van der Waals surface area contributed by atoms with Crippen molar-refractivity contribution in [1.82, 2.24) is 20.5 Å².